The van der Waals surface area contributed by atoms with Gasteiger partial charge in [-0.1, -0.05) is 23.7 Å². The number of benzene rings is 1. The number of thiophene rings is 1. The molecular formula is C22H21ClN4O5S2. The Morgan fingerprint density at radius 1 is 1.21 bits per heavy atom. The molecule has 3 heterocycles. The number of hydrogen-bond acceptors (Lipinski definition) is 8. The van der Waals surface area contributed by atoms with Gasteiger partial charge in [0.05, 0.1) is 20.6 Å². The highest BCUT2D eigenvalue weighted by molar-refractivity contribution is 7.18. The molecule has 4 rings (SSSR count). The number of aliphatic carboxylic acids is 1. The number of hydrogen-bond donors (Lipinski definition) is 3. The molecule has 1 aliphatic heterocycles. The summed E-state index contributed by atoms with van der Waals surface area (Å²) in [6.07, 6.45) is 0.776. The third-order valence-electron chi connectivity index (χ3n) is 5.05. The summed E-state index contributed by atoms with van der Waals surface area (Å²) in [7, 11) is 2.02. The summed E-state index contributed by atoms with van der Waals surface area (Å²) in [5.41, 5.74) is 1.75. The third kappa shape index (κ3) is 5.73. The van der Waals surface area contributed by atoms with Crippen molar-refractivity contribution in [3.05, 3.63) is 60.7 Å². The molecule has 1 aliphatic rings. The molecule has 3 aromatic rings. The van der Waals surface area contributed by atoms with E-state index in [2.05, 4.69) is 20.5 Å². The van der Waals surface area contributed by atoms with Crippen LogP contribution in [0.2, 0.25) is 4.34 Å². The number of thiazole rings is 1. The number of para-hydroxylation sites is 1. The van der Waals surface area contributed by atoms with Crippen molar-refractivity contribution in [1.29, 1.82) is 0 Å². The Morgan fingerprint density at radius 3 is 2.76 bits per heavy atom. The number of fused-ring (bicyclic) bond motifs is 1. The van der Waals surface area contributed by atoms with Gasteiger partial charge in [-0.05, 0) is 30.8 Å². The van der Waals surface area contributed by atoms with E-state index >= 15 is 0 Å². The van der Waals surface area contributed by atoms with Gasteiger partial charge in [-0.25, -0.2) is 9.78 Å². The van der Waals surface area contributed by atoms with Crippen molar-refractivity contribution < 1.29 is 24.2 Å². The minimum atomic E-state index is -1.15. The van der Waals surface area contributed by atoms with E-state index < -0.39 is 18.5 Å². The third-order valence-corrected chi connectivity index (χ3v) is 7.37. The number of nitrogens with zero attached hydrogens (tertiary/aromatic N) is 2. The molecule has 178 valence electrons. The summed E-state index contributed by atoms with van der Waals surface area (Å²) in [4.78, 5) is 44.7. The number of rotatable bonds is 8. The van der Waals surface area contributed by atoms with E-state index in [1.54, 1.807) is 30.3 Å². The fourth-order valence-corrected chi connectivity index (χ4v) is 5.45. The topological polar surface area (TPSA) is 121 Å². The van der Waals surface area contributed by atoms with E-state index in [0.29, 0.717) is 19.8 Å². The number of amides is 2. The Morgan fingerprint density at radius 2 is 2.03 bits per heavy atom. The monoisotopic (exact) mass is 520 g/mol. The van der Waals surface area contributed by atoms with Crippen molar-refractivity contribution in [1.82, 2.24) is 15.2 Å². The average molecular weight is 521 g/mol. The maximum atomic E-state index is 13.1. The average Bonchev–Trinajstić information content (AvgIpc) is 3.43. The van der Waals surface area contributed by atoms with Crippen LogP contribution in [0.25, 0.3) is 0 Å². The molecular weight excluding hydrogens is 500 g/mol. The Hall–Kier alpha value is -2.99. The molecule has 12 heteroatoms. The first-order chi connectivity index (χ1) is 16.3. The van der Waals surface area contributed by atoms with Crippen LogP contribution in [0.3, 0.4) is 0 Å². The molecule has 2 aromatic heterocycles. The highest BCUT2D eigenvalue weighted by Crippen LogP contribution is 2.31. The summed E-state index contributed by atoms with van der Waals surface area (Å²) in [5, 5.41) is 14.9. The van der Waals surface area contributed by atoms with Crippen molar-refractivity contribution in [3.8, 4) is 5.75 Å². The van der Waals surface area contributed by atoms with E-state index in [4.69, 9.17) is 21.4 Å². The van der Waals surface area contributed by atoms with Crippen LogP contribution in [0.4, 0.5) is 5.69 Å². The van der Waals surface area contributed by atoms with Crippen LogP contribution in [0.1, 0.15) is 35.6 Å². The predicted octanol–water partition coefficient (Wildman–Crippen LogP) is 3.49. The molecule has 0 radical (unpaired) electrons. The lowest BCUT2D eigenvalue weighted by molar-refractivity contribution is -0.139. The largest absolute Gasteiger partial charge is 0.480 e. The van der Waals surface area contributed by atoms with Gasteiger partial charge in [0.1, 0.15) is 5.75 Å². The first kappa shape index (κ1) is 24.1. The summed E-state index contributed by atoms with van der Waals surface area (Å²) in [6.45, 7) is 1.11. The normalized spacial score (nSPS) is 13.2. The predicted molar refractivity (Wildman–Crippen MR) is 130 cm³/mol. The zero-order chi connectivity index (χ0) is 24.2. The Labute approximate surface area is 208 Å². The fourth-order valence-electron chi connectivity index (χ4n) is 3.41. The van der Waals surface area contributed by atoms with Crippen molar-refractivity contribution in [2.75, 3.05) is 25.5 Å². The minimum absolute atomic E-state index is 0.0768. The summed E-state index contributed by atoms with van der Waals surface area (Å²) in [6, 6.07) is 8.20. The molecule has 34 heavy (non-hydrogen) atoms. The van der Waals surface area contributed by atoms with Crippen molar-refractivity contribution in [3.63, 3.8) is 0 Å². The maximum Gasteiger partial charge on any atom is 0.341 e. The Bertz CT molecular complexity index is 1240. The van der Waals surface area contributed by atoms with E-state index in [-0.39, 0.29) is 23.9 Å². The highest BCUT2D eigenvalue weighted by atomic mass is 35.5. The van der Waals surface area contributed by atoms with Crippen molar-refractivity contribution >= 4 is 57.7 Å². The molecule has 0 fully saturated rings. The number of aromatic nitrogens is 1. The molecule has 1 aromatic carbocycles. The van der Waals surface area contributed by atoms with E-state index in [0.717, 1.165) is 41.4 Å². The SMILES string of the molecule is CN1CCc2nc(C(=O)Nc3c(CNC(=O)c4ccc(Cl)s4)cccc3OCC(=O)O)sc2C1. The molecule has 2 amide bonds. The molecule has 9 nitrogen and oxygen atoms in total. The highest BCUT2D eigenvalue weighted by Gasteiger charge is 2.23. The van der Waals surface area contributed by atoms with Gasteiger partial charge in [0.15, 0.2) is 11.6 Å². The summed E-state index contributed by atoms with van der Waals surface area (Å²) < 4.78 is 5.90. The van der Waals surface area contributed by atoms with E-state index in [1.165, 1.54) is 11.3 Å². The molecule has 0 aliphatic carbocycles. The zero-order valence-corrected chi connectivity index (χ0v) is 20.5. The molecule has 0 bridgehead atoms. The van der Waals surface area contributed by atoms with Crippen LogP contribution in [-0.4, -0.2) is 53.0 Å². The summed E-state index contributed by atoms with van der Waals surface area (Å²) in [5.74, 6) is -1.71. The number of halogens is 1. The maximum absolute atomic E-state index is 13.1. The lowest BCUT2D eigenvalue weighted by Gasteiger charge is -2.20. The molecule has 0 unspecified atom stereocenters. The molecule has 0 saturated carbocycles. The number of carbonyl (C=O) groups excluding carboxylic acids is 2. The molecule has 0 atom stereocenters. The van der Waals surface area contributed by atoms with Crippen molar-refractivity contribution in [2.24, 2.45) is 0 Å². The first-order valence-electron chi connectivity index (χ1n) is 10.3. The lowest BCUT2D eigenvalue weighted by Crippen LogP contribution is -2.25. The molecule has 0 saturated heterocycles. The zero-order valence-electron chi connectivity index (χ0n) is 18.1. The Balaban J connectivity index is 1.56. The smallest absolute Gasteiger partial charge is 0.341 e. The van der Waals surface area contributed by atoms with Gasteiger partial charge in [-0.15, -0.1) is 22.7 Å². The summed E-state index contributed by atoms with van der Waals surface area (Å²) >= 11 is 8.40. The second-order valence-electron chi connectivity index (χ2n) is 7.59. The number of carbonyl (C=O) groups is 3. The number of ether oxygens (including phenoxy) is 1. The van der Waals surface area contributed by atoms with Gasteiger partial charge in [0.2, 0.25) is 0 Å². The van der Waals surface area contributed by atoms with Crippen LogP contribution in [0.5, 0.6) is 5.75 Å². The van der Waals surface area contributed by atoms with Crippen LogP contribution in [0.15, 0.2) is 30.3 Å². The Kier molecular flexibility index (Phi) is 7.47. The quantitative estimate of drug-likeness (QED) is 0.415. The van der Waals surface area contributed by atoms with Gasteiger partial charge in [-0.2, -0.15) is 0 Å². The minimum Gasteiger partial charge on any atom is -0.480 e. The van der Waals surface area contributed by atoms with Crippen LogP contribution < -0.4 is 15.4 Å². The van der Waals surface area contributed by atoms with Crippen LogP contribution in [-0.2, 0) is 24.3 Å². The van der Waals surface area contributed by atoms with Gasteiger partial charge in [0.25, 0.3) is 11.8 Å². The lowest BCUT2D eigenvalue weighted by atomic mass is 10.1. The van der Waals surface area contributed by atoms with Crippen molar-refractivity contribution in [2.45, 2.75) is 19.5 Å². The second kappa shape index (κ2) is 10.5. The molecule has 3 N–H and O–H groups in total. The number of nitrogens with one attached hydrogen (secondary N) is 2. The van der Waals surface area contributed by atoms with Crippen LogP contribution in [0, 0.1) is 0 Å². The number of carboxylic acids is 1. The van der Waals surface area contributed by atoms with E-state index in [9.17, 15) is 14.4 Å². The van der Waals surface area contributed by atoms with Gasteiger partial charge in [0, 0.05) is 30.9 Å². The van der Waals surface area contributed by atoms with E-state index in [1.807, 2.05) is 7.05 Å². The molecule has 0 spiro atoms. The van der Waals surface area contributed by atoms with Crippen LogP contribution >= 0.6 is 34.3 Å². The van der Waals surface area contributed by atoms with Gasteiger partial charge in [-0.3, -0.25) is 9.59 Å². The van der Waals surface area contributed by atoms with Gasteiger partial charge >= 0.3 is 5.97 Å². The second-order valence-corrected chi connectivity index (χ2v) is 10.4. The first-order valence-corrected chi connectivity index (χ1v) is 12.3. The number of carboxylic acid groups (broad SMARTS) is 1. The number of likely N-dealkylation sites (N-methyl/N-ethyl adjacent to an activating group) is 1. The number of anilines is 1. The van der Waals surface area contributed by atoms with Gasteiger partial charge < -0.3 is 25.4 Å². The fraction of sp³-hybridized carbons (Fsp3) is 0.273. The standard InChI is InChI=1S/C22H21ClN4O5S2/c1-27-8-7-13-16(10-27)34-22(25-13)21(31)26-19-12(3-2-4-14(19)32-11-18(28)29)9-24-20(30)15-5-6-17(23)33-15/h2-6H,7-11H2,1H3,(H,24,30)(H,26,31)(H,28,29).